The number of hydrogen-bond acceptors (Lipinski definition) is 7. The van der Waals surface area contributed by atoms with E-state index in [4.69, 9.17) is 21.7 Å². The largest absolute Gasteiger partial charge is 0.390 e. The number of nitrogens with zero attached hydrogens (tertiary/aromatic N) is 6. The zero-order chi connectivity index (χ0) is 21.4. The lowest BCUT2D eigenvalue weighted by Crippen LogP contribution is -2.35. The Bertz CT molecular complexity index is 1090. The molecule has 0 atom stereocenters. The number of pyridine rings is 1. The molecule has 2 aliphatic rings. The van der Waals surface area contributed by atoms with Gasteiger partial charge in [0.15, 0.2) is 0 Å². The molecule has 30 heavy (non-hydrogen) atoms. The molecule has 2 aliphatic heterocycles. The molecule has 4 rings (SSSR count). The molecule has 0 saturated heterocycles. The molecule has 0 aliphatic carbocycles. The van der Waals surface area contributed by atoms with Gasteiger partial charge in [-0.15, -0.1) is 0 Å². The zero-order valence-electron chi connectivity index (χ0n) is 17.8. The molecule has 2 aromatic heterocycles. The van der Waals surface area contributed by atoms with Crippen LogP contribution in [0.25, 0.3) is 0 Å². The van der Waals surface area contributed by atoms with Crippen LogP contribution in [-0.2, 0) is 19.5 Å². The van der Waals surface area contributed by atoms with Gasteiger partial charge in [0, 0.05) is 44.4 Å². The molecule has 0 radical (unpaired) electrons. The monoisotopic (exact) mass is 404 g/mol. The highest BCUT2D eigenvalue weighted by atomic mass is 15.4. The van der Waals surface area contributed by atoms with Crippen LogP contribution in [0.5, 0.6) is 0 Å². The van der Waals surface area contributed by atoms with Crippen molar-refractivity contribution in [1.29, 1.82) is 5.26 Å². The van der Waals surface area contributed by atoms with Gasteiger partial charge in [0.25, 0.3) is 0 Å². The Morgan fingerprint density at radius 2 is 1.93 bits per heavy atom. The Morgan fingerprint density at radius 1 is 1.13 bits per heavy atom. The van der Waals surface area contributed by atoms with Crippen LogP contribution in [0.3, 0.4) is 0 Å². The minimum absolute atomic E-state index is 0.203. The molecule has 4 heterocycles. The maximum atomic E-state index is 9.07. The maximum absolute atomic E-state index is 9.07. The summed E-state index contributed by atoms with van der Waals surface area (Å²) in [6.07, 6.45) is 3.85. The predicted molar refractivity (Wildman–Crippen MR) is 116 cm³/mol. The van der Waals surface area contributed by atoms with Gasteiger partial charge in [-0.05, 0) is 50.0 Å². The average molecular weight is 405 g/mol. The van der Waals surface area contributed by atoms with E-state index in [1.54, 1.807) is 0 Å². The molecular formula is C22H28N8. The fraction of sp³-hybridized carbons (Fsp3) is 0.409. The molecule has 2 aromatic rings. The molecule has 4 N–H and O–H groups in total. The molecule has 0 aromatic carbocycles. The Morgan fingerprint density at radius 3 is 2.70 bits per heavy atom. The smallest absolute Gasteiger partial charge is 0.131 e. The van der Waals surface area contributed by atoms with E-state index in [-0.39, 0.29) is 5.70 Å². The second-order valence-electron chi connectivity index (χ2n) is 8.00. The summed E-state index contributed by atoms with van der Waals surface area (Å²) >= 11 is 0. The molecule has 0 spiro atoms. The van der Waals surface area contributed by atoms with E-state index in [0.717, 1.165) is 66.5 Å². The molecule has 0 bridgehead atoms. The van der Waals surface area contributed by atoms with Gasteiger partial charge in [-0.3, -0.25) is 4.98 Å². The maximum Gasteiger partial charge on any atom is 0.131 e. The molecule has 0 unspecified atom stereocenters. The van der Waals surface area contributed by atoms with Crippen molar-refractivity contribution in [2.75, 3.05) is 18.0 Å². The Hall–Kier alpha value is -3.47. The summed E-state index contributed by atoms with van der Waals surface area (Å²) in [5.74, 6) is 1.78. The SMILES string of the molecule is CC(=C(/N)C#N)/C(C)=C(\N)N1CCc2ncc(N3CCCn4nc(C)cc43)cc2C1. The third kappa shape index (κ3) is 3.47. The fourth-order valence-electron chi connectivity index (χ4n) is 4.15. The van der Waals surface area contributed by atoms with Gasteiger partial charge in [-0.1, -0.05) is 0 Å². The zero-order valence-corrected chi connectivity index (χ0v) is 17.8. The summed E-state index contributed by atoms with van der Waals surface area (Å²) in [6, 6.07) is 6.35. The standard InChI is InChI=1S/C22H28N8/c1-14-9-21-29(6-4-7-30(21)27-14)18-10-17-13-28(8-5-20(17)26-12-18)22(25)16(3)15(2)19(24)11-23/h9-10,12H,4-8,13,24-25H2,1-3H3/b19-15-,22-16+. The van der Waals surface area contributed by atoms with Gasteiger partial charge in [0.05, 0.1) is 17.6 Å². The second kappa shape index (κ2) is 7.75. The van der Waals surface area contributed by atoms with Crippen LogP contribution in [0.1, 0.15) is 37.2 Å². The number of rotatable bonds is 3. The molecule has 0 saturated carbocycles. The predicted octanol–water partition coefficient (Wildman–Crippen LogP) is 2.43. The highest BCUT2D eigenvalue weighted by Gasteiger charge is 2.24. The summed E-state index contributed by atoms with van der Waals surface area (Å²) in [6.45, 7) is 9.15. The summed E-state index contributed by atoms with van der Waals surface area (Å²) in [5, 5.41) is 13.7. The van der Waals surface area contributed by atoms with E-state index < -0.39 is 0 Å². The van der Waals surface area contributed by atoms with E-state index >= 15 is 0 Å². The van der Waals surface area contributed by atoms with Gasteiger partial charge < -0.3 is 21.3 Å². The quantitative estimate of drug-likeness (QED) is 0.597. The van der Waals surface area contributed by atoms with Crippen LogP contribution in [0, 0.1) is 18.3 Å². The van der Waals surface area contributed by atoms with Crippen LogP contribution in [0.15, 0.2) is 41.0 Å². The van der Waals surface area contributed by atoms with Crippen molar-refractivity contribution in [2.45, 2.75) is 46.7 Å². The van der Waals surface area contributed by atoms with E-state index in [1.165, 1.54) is 5.56 Å². The Kier molecular flexibility index (Phi) is 5.12. The summed E-state index contributed by atoms with van der Waals surface area (Å²) in [5.41, 5.74) is 18.4. The summed E-state index contributed by atoms with van der Waals surface area (Å²) in [4.78, 5) is 9.20. The minimum atomic E-state index is 0.203. The summed E-state index contributed by atoms with van der Waals surface area (Å²) < 4.78 is 2.07. The van der Waals surface area contributed by atoms with E-state index in [2.05, 4.69) is 31.7 Å². The van der Waals surface area contributed by atoms with Crippen molar-refractivity contribution < 1.29 is 0 Å². The first-order valence-corrected chi connectivity index (χ1v) is 10.3. The molecule has 8 nitrogen and oxygen atoms in total. The van der Waals surface area contributed by atoms with Crippen LogP contribution < -0.4 is 16.4 Å². The van der Waals surface area contributed by atoms with Crippen molar-refractivity contribution >= 4 is 11.5 Å². The van der Waals surface area contributed by atoms with E-state index in [9.17, 15) is 0 Å². The van der Waals surface area contributed by atoms with E-state index in [1.807, 2.05) is 33.0 Å². The third-order valence-electron chi connectivity index (χ3n) is 6.06. The van der Waals surface area contributed by atoms with Gasteiger partial charge in [-0.25, -0.2) is 4.68 Å². The van der Waals surface area contributed by atoms with Gasteiger partial charge in [0.2, 0.25) is 0 Å². The van der Waals surface area contributed by atoms with Crippen molar-refractivity contribution in [2.24, 2.45) is 11.5 Å². The van der Waals surface area contributed by atoms with Gasteiger partial charge >= 0.3 is 0 Å². The molecule has 0 amide bonds. The first-order valence-electron chi connectivity index (χ1n) is 10.3. The lowest BCUT2D eigenvalue weighted by Gasteiger charge is -2.33. The Balaban J connectivity index is 1.63. The van der Waals surface area contributed by atoms with Crippen molar-refractivity contribution in [3.8, 4) is 6.07 Å². The number of allylic oxidation sites excluding steroid dienone is 3. The summed E-state index contributed by atoms with van der Waals surface area (Å²) in [7, 11) is 0. The van der Waals surface area contributed by atoms with Crippen molar-refractivity contribution in [1.82, 2.24) is 19.7 Å². The van der Waals surface area contributed by atoms with Crippen LogP contribution >= 0.6 is 0 Å². The van der Waals surface area contributed by atoms with Gasteiger partial charge in [-0.2, -0.15) is 10.4 Å². The topological polar surface area (TPSA) is 113 Å². The normalized spacial score (nSPS) is 17.5. The lowest BCUT2D eigenvalue weighted by atomic mass is 10.0. The second-order valence-corrected chi connectivity index (χ2v) is 8.00. The van der Waals surface area contributed by atoms with Crippen molar-refractivity contribution in [3.63, 3.8) is 0 Å². The number of nitrogens with two attached hydrogens (primary N) is 2. The van der Waals surface area contributed by atoms with Crippen LogP contribution in [0.4, 0.5) is 11.5 Å². The number of aromatic nitrogens is 3. The van der Waals surface area contributed by atoms with Crippen LogP contribution in [-0.4, -0.2) is 32.8 Å². The van der Waals surface area contributed by atoms with E-state index in [0.29, 0.717) is 12.4 Å². The molecule has 8 heteroatoms. The van der Waals surface area contributed by atoms with Crippen LogP contribution in [0.2, 0.25) is 0 Å². The minimum Gasteiger partial charge on any atom is -0.390 e. The number of hydrogen-bond donors (Lipinski definition) is 2. The lowest BCUT2D eigenvalue weighted by molar-refractivity contribution is 0.313. The molecule has 0 fully saturated rings. The highest BCUT2D eigenvalue weighted by Crippen LogP contribution is 2.32. The number of nitriles is 1. The third-order valence-corrected chi connectivity index (χ3v) is 6.06. The highest BCUT2D eigenvalue weighted by molar-refractivity contribution is 5.61. The fourth-order valence-corrected chi connectivity index (χ4v) is 4.15. The number of fused-ring (bicyclic) bond motifs is 2. The number of aryl methyl sites for hydroxylation is 2. The average Bonchev–Trinajstić information content (AvgIpc) is 3.16. The Labute approximate surface area is 177 Å². The number of anilines is 2. The molecule has 156 valence electrons. The first-order chi connectivity index (χ1) is 14.4. The first kappa shape index (κ1) is 19.8. The molecular weight excluding hydrogens is 376 g/mol. The van der Waals surface area contributed by atoms with Crippen molar-refractivity contribution in [3.05, 3.63) is 57.9 Å². The van der Waals surface area contributed by atoms with Gasteiger partial charge in [0.1, 0.15) is 23.4 Å².